The summed E-state index contributed by atoms with van der Waals surface area (Å²) in [6.07, 6.45) is 5.31. The molecule has 0 unspecified atom stereocenters. The number of thiazole rings is 2. The molecule has 0 radical (unpaired) electrons. The average Bonchev–Trinajstić information content (AvgIpc) is 3.92. The van der Waals surface area contributed by atoms with Gasteiger partial charge >= 0.3 is 5.97 Å². The summed E-state index contributed by atoms with van der Waals surface area (Å²) in [4.78, 5) is 46.3. The van der Waals surface area contributed by atoms with E-state index < -0.39 is 5.97 Å². The first-order valence-electron chi connectivity index (χ1n) is 20.8. The number of hydrogen-bond donors (Lipinski definition) is 2. The fourth-order valence-corrected chi connectivity index (χ4v) is 7.88. The second-order valence-corrected chi connectivity index (χ2v) is 18.4. The van der Waals surface area contributed by atoms with Crippen molar-refractivity contribution < 1.29 is 14.7 Å². The highest BCUT2D eigenvalue weighted by molar-refractivity contribution is 7.10. The van der Waals surface area contributed by atoms with E-state index in [1.165, 1.54) is 22.3 Å². The molecule has 0 aliphatic rings. The molecule has 6 rings (SSSR count). The number of benzene rings is 4. The number of nitrogens with zero attached hydrogens (tertiary/aromatic N) is 6. The van der Waals surface area contributed by atoms with Gasteiger partial charge in [0.05, 0.1) is 51.0 Å². The Morgan fingerprint density at radius 3 is 1.44 bits per heavy atom. The number of hydrogen-bond acceptors (Lipinski definition) is 8. The zero-order valence-corrected chi connectivity index (χ0v) is 39.5. The monoisotopic (exact) mass is 869 g/mol. The van der Waals surface area contributed by atoms with Crippen LogP contribution in [0.15, 0.2) is 93.5 Å². The number of amides is 1. The van der Waals surface area contributed by atoms with Gasteiger partial charge in [-0.2, -0.15) is 0 Å². The van der Waals surface area contributed by atoms with E-state index in [4.69, 9.17) is 15.1 Å². The largest absolute Gasteiger partial charge is 0.478 e. The van der Waals surface area contributed by atoms with E-state index >= 15 is 0 Å². The van der Waals surface area contributed by atoms with Gasteiger partial charge in [0.15, 0.2) is 0 Å². The third kappa shape index (κ3) is 13.3. The summed E-state index contributed by atoms with van der Waals surface area (Å²) >= 11 is 3.29. The molecule has 62 heavy (non-hydrogen) atoms. The van der Waals surface area contributed by atoms with Crippen molar-refractivity contribution >= 4 is 58.6 Å². The van der Waals surface area contributed by atoms with Crippen molar-refractivity contribution in [1.29, 1.82) is 0 Å². The van der Waals surface area contributed by atoms with E-state index in [1.54, 1.807) is 46.9 Å². The topological polar surface area (TPSA) is 123 Å². The normalized spacial score (nSPS) is 11.5. The van der Waals surface area contributed by atoms with Gasteiger partial charge in [0, 0.05) is 73.0 Å². The molecule has 0 aliphatic heterocycles. The molecule has 0 saturated heterocycles. The standard InChI is InChI=1S/C27H34N4OS.C23H25N3O2S/c1-8-31(7)17-28-23-14-18(2)22(13-19(23)3)15-25-29-24(16-33-25)20-9-11-21(12-10-20)26(32)30-27(4,5)6;1-5-26(4)14-24-20-11-15(2)19(10-16(20)3)12-22-25-21(13-29-22)17-6-8-18(9-7-17)23(27)28/h9-14,16-17H,8,15H2,1-7H3,(H,30,32);6-11,13-14H,5,12H2,1-4H3,(H,27,28). The molecule has 0 aliphatic carbocycles. The van der Waals surface area contributed by atoms with Crippen LogP contribution in [0.3, 0.4) is 0 Å². The van der Waals surface area contributed by atoms with Crippen LogP contribution in [0.5, 0.6) is 0 Å². The lowest BCUT2D eigenvalue weighted by atomic mass is 10.0. The molecule has 324 valence electrons. The number of carboxylic acid groups (broad SMARTS) is 1. The highest BCUT2D eigenvalue weighted by Gasteiger charge is 2.16. The van der Waals surface area contributed by atoms with Crippen molar-refractivity contribution in [1.82, 2.24) is 25.1 Å². The van der Waals surface area contributed by atoms with Gasteiger partial charge in [-0.05, 0) is 132 Å². The Morgan fingerprint density at radius 1 is 0.661 bits per heavy atom. The van der Waals surface area contributed by atoms with E-state index in [0.717, 1.165) is 81.0 Å². The number of aliphatic imine (C=N–C) groups is 2. The molecular formula is C50H59N7O3S2. The number of carboxylic acids is 1. The Hall–Kier alpha value is -5.98. The van der Waals surface area contributed by atoms with Crippen molar-refractivity contribution in [3.05, 3.63) is 138 Å². The van der Waals surface area contributed by atoms with Crippen molar-refractivity contribution in [3.8, 4) is 22.5 Å². The van der Waals surface area contributed by atoms with Gasteiger partial charge in [-0.3, -0.25) is 4.79 Å². The summed E-state index contributed by atoms with van der Waals surface area (Å²) in [6, 6.07) is 23.2. The quantitative estimate of drug-likeness (QED) is 0.0825. The maximum atomic E-state index is 12.4. The van der Waals surface area contributed by atoms with E-state index in [-0.39, 0.29) is 17.0 Å². The summed E-state index contributed by atoms with van der Waals surface area (Å²) in [7, 11) is 4.03. The van der Waals surface area contributed by atoms with Crippen LogP contribution in [-0.4, -0.2) is 82.2 Å². The van der Waals surface area contributed by atoms with Crippen LogP contribution in [0.25, 0.3) is 22.5 Å². The van der Waals surface area contributed by atoms with Crippen LogP contribution in [0.4, 0.5) is 11.4 Å². The molecule has 10 nitrogen and oxygen atoms in total. The maximum Gasteiger partial charge on any atom is 0.335 e. The molecule has 2 heterocycles. The van der Waals surface area contributed by atoms with Crippen molar-refractivity contribution in [2.75, 3.05) is 27.2 Å². The summed E-state index contributed by atoms with van der Waals surface area (Å²) in [6.45, 7) is 20.4. The van der Waals surface area contributed by atoms with Crippen LogP contribution in [0, 0.1) is 27.7 Å². The predicted molar refractivity (Wildman–Crippen MR) is 260 cm³/mol. The number of carbonyl (C=O) groups is 2. The lowest BCUT2D eigenvalue weighted by Gasteiger charge is -2.20. The summed E-state index contributed by atoms with van der Waals surface area (Å²) in [5.74, 6) is -0.983. The van der Waals surface area contributed by atoms with E-state index in [9.17, 15) is 9.59 Å². The van der Waals surface area contributed by atoms with Crippen LogP contribution in [-0.2, 0) is 12.8 Å². The second kappa shape index (κ2) is 21.2. The van der Waals surface area contributed by atoms with Crippen LogP contribution in [0.2, 0.25) is 0 Å². The summed E-state index contributed by atoms with van der Waals surface area (Å²) < 4.78 is 0. The van der Waals surface area contributed by atoms with Crippen LogP contribution >= 0.6 is 22.7 Å². The molecule has 4 aromatic carbocycles. The minimum Gasteiger partial charge on any atom is -0.478 e. The fourth-order valence-electron chi connectivity index (χ4n) is 6.23. The minimum atomic E-state index is -0.921. The molecule has 0 bridgehead atoms. The Balaban J connectivity index is 0.000000236. The fraction of sp³-hybridized carbons (Fsp3) is 0.320. The number of aryl methyl sites for hydroxylation is 4. The molecule has 12 heteroatoms. The van der Waals surface area contributed by atoms with Gasteiger partial charge in [0.1, 0.15) is 0 Å². The lowest BCUT2D eigenvalue weighted by Crippen LogP contribution is -2.40. The van der Waals surface area contributed by atoms with Gasteiger partial charge in [-0.25, -0.2) is 24.7 Å². The zero-order valence-electron chi connectivity index (χ0n) is 37.8. The summed E-state index contributed by atoms with van der Waals surface area (Å²) in [5, 5.41) is 18.2. The summed E-state index contributed by atoms with van der Waals surface area (Å²) in [5.41, 5.74) is 13.7. The maximum absolute atomic E-state index is 12.4. The number of carbonyl (C=O) groups excluding carboxylic acids is 1. The Bertz CT molecular complexity index is 2530. The molecule has 1 amide bonds. The van der Waals surface area contributed by atoms with Gasteiger partial charge in [-0.15, -0.1) is 22.7 Å². The van der Waals surface area contributed by atoms with Crippen molar-refractivity contribution in [2.45, 2.75) is 80.7 Å². The molecule has 6 aromatic rings. The predicted octanol–water partition coefficient (Wildman–Crippen LogP) is 11.5. The van der Waals surface area contributed by atoms with E-state index in [2.05, 4.69) is 91.4 Å². The molecule has 0 atom stereocenters. The highest BCUT2D eigenvalue weighted by Crippen LogP contribution is 2.30. The minimum absolute atomic E-state index is 0.0621. The van der Waals surface area contributed by atoms with Gasteiger partial charge in [-0.1, -0.05) is 36.4 Å². The number of aromatic nitrogens is 2. The molecule has 0 fully saturated rings. The average molecular weight is 870 g/mol. The Kier molecular flexibility index (Phi) is 16.1. The third-order valence-corrected chi connectivity index (χ3v) is 11.9. The molecule has 2 aromatic heterocycles. The zero-order chi connectivity index (χ0) is 45.1. The Labute approximate surface area is 375 Å². The first-order valence-corrected chi connectivity index (χ1v) is 22.5. The van der Waals surface area contributed by atoms with Gasteiger partial charge in [0.2, 0.25) is 0 Å². The molecule has 2 N–H and O–H groups in total. The highest BCUT2D eigenvalue weighted by atomic mass is 32.1. The molecule has 0 spiro atoms. The lowest BCUT2D eigenvalue weighted by molar-refractivity contribution is 0.0696. The van der Waals surface area contributed by atoms with Gasteiger partial charge in [0.25, 0.3) is 5.91 Å². The molecular weight excluding hydrogens is 811 g/mol. The van der Waals surface area contributed by atoms with Gasteiger partial charge < -0.3 is 20.2 Å². The number of nitrogens with one attached hydrogen (secondary N) is 1. The van der Waals surface area contributed by atoms with Crippen LogP contribution in [0.1, 0.15) is 98.7 Å². The van der Waals surface area contributed by atoms with Crippen LogP contribution < -0.4 is 5.32 Å². The Morgan fingerprint density at radius 2 is 1.06 bits per heavy atom. The SMILES string of the molecule is CCN(C)C=Nc1cc(C)c(Cc2nc(-c3ccc(C(=O)NC(C)(C)C)cc3)cs2)cc1C.CCN(C)C=Nc1cc(C)c(Cc2nc(-c3ccc(C(=O)O)cc3)cs2)cc1C. The smallest absolute Gasteiger partial charge is 0.335 e. The van der Waals surface area contributed by atoms with E-state index in [0.29, 0.717) is 5.56 Å². The van der Waals surface area contributed by atoms with E-state index in [1.807, 2.05) is 82.1 Å². The third-order valence-electron chi connectivity index (χ3n) is 10.2. The second-order valence-electron chi connectivity index (χ2n) is 16.5. The molecule has 0 saturated carbocycles. The number of rotatable bonds is 14. The first-order chi connectivity index (χ1) is 29.4. The number of aromatic carboxylic acids is 1. The van der Waals surface area contributed by atoms with Crippen molar-refractivity contribution in [2.24, 2.45) is 9.98 Å². The first kappa shape index (κ1) is 47.1. The van der Waals surface area contributed by atoms with Crippen molar-refractivity contribution in [3.63, 3.8) is 0 Å².